The van der Waals surface area contributed by atoms with Crippen molar-refractivity contribution in [1.82, 2.24) is 9.88 Å². The Balaban J connectivity index is 2.28. The average molecular weight is 286 g/mol. The Morgan fingerprint density at radius 1 is 1.44 bits per heavy atom. The molecule has 1 N–H and O–H groups in total. The zero-order chi connectivity index (χ0) is 13.3. The molecule has 2 heterocycles. The van der Waals surface area contributed by atoms with E-state index in [1.165, 1.54) is 11.3 Å². The van der Waals surface area contributed by atoms with E-state index in [9.17, 15) is 8.42 Å². The number of nitrogens with one attached hydrogen (secondary N) is 1. The summed E-state index contributed by atoms with van der Waals surface area (Å²) in [6.07, 6.45) is 0. The van der Waals surface area contributed by atoms with Gasteiger partial charge in [0.05, 0.1) is 6.04 Å². The maximum absolute atomic E-state index is 12.2. The Hall–Kier alpha value is -1.18. The van der Waals surface area contributed by atoms with Gasteiger partial charge >= 0.3 is 0 Å². The standard InChI is InChI=1S/C11H14N2O3S2/c1-7(10-5-4-6-17-10)13-18(14,15)11-8(2)12-16-9(11)3/h4-7,13H,1-3H3. The van der Waals surface area contributed by atoms with Gasteiger partial charge in [-0.25, -0.2) is 13.1 Å². The van der Waals surface area contributed by atoms with Crippen LogP contribution in [0.4, 0.5) is 0 Å². The first-order valence-electron chi connectivity index (χ1n) is 5.40. The molecule has 0 spiro atoms. The topological polar surface area (TPSA) is 72.2 Å². The lowest BCUT2D eigenvalue weighted by atomic mass is 10.3. The maximum Gasteiger partial charge on any atom is 0.246 e. The lowest BCUT2D eigenvalue weighted by Crippen LogP contribution is -2.27. The molecule has 0 fully saturated rings. The van der Waals surface area contributed by atoms with Gasteiger partial charge in [-0.1, -0.05) is 11.2 Å². The minimum atomic E-state index is -3.60. The van der Waals surface area contributed by atoms with Crippen molar-refractivity contribution < 1.29 is 12.9 Å². The lowest BCUT2D eigenvalue weighted by Gasteiger charge is -2.12. The van der Waals surface area contributed by atoms with Crippen LogP contribution in [0.2, 0.25) is 0 Å². The van der Waals surface area contributed by atoms with E-state index in [2.05, 4.69) is 9.88 Å². The van der Waals surface area contributed by atoms with Gasteiger partial charge in [-0.2, -0.15) is 0 Å². The molecule has 1 unspecified atom stereocenters. The van der Waals surface area contributed by atoms with Gasteiger partial charge in [0, 0.05) is 4.88 Å². The van der Waals surface area contributed by atoms with Crippen LogP contribution in [0.1, 0.15) is 29.3 Å². The Morgan fingerprint density at radius 3 is 2.67 bits per heavy atom. The molecule has 0 saturated carbocycles. The third-order valence-electron chi connectivity index (χ3n) is 2.54. The molecule has 0 aliphatic rings. The smallest absolute Gasteiger partial charge is 0.246 e. The van der Waals surface area contributed by atoms with Crippen molar-refractivity contribution in [2.75, 3.05) is 0 Å². The van der Waals surface area contributed by atoms with Crippen molar-refractivity contribution >= 4 is 21.4 Å². The SMILES string of the molecule is Cc1noc(C)c1S(=O)(=O)NC(C)c1cccs1. The Labute approximate surface area is 110 Å². The van der Waals surface area contributed by atoms with Gasteiger partial charge in [0.1, 0.15) is 10.6 Å². The number of aryl methyl sites for hydroxylation is 2. The first-order valence-corrected chi connectivity index (χ1v) is 7.76. The molecule has 5 nitrogen and oxygen atoms in total. The summed E-state index contributed by atoms with van der Waals surface area (Å²) >= 11 is 1.51. The van der Waals surface area contributed by atoms with Crippen LogP contribution in [-0.4, -0.2) is 13.6 Å². The zero-order valence-corrected chi connectivity index (χ0v) is 11.9. The highest BCUT2D eigenvalue weighted by Gasteiger charge is 2.26. The van der Waals surface area contributed by atoms with Crippen molar-refractivity contribution in [2.45, 2.75) is 31.7 Å². The van der Waals surface area contributed by atoms with E-state index in [-0.39, 0.29) is 10.9 Å². The first-order chi connectivity index (χ1) is 8.42. The summed E-state index contributed by atoms with van der Waals surface area (Å²) < 4.78 is 32.0. The highest BCUT2D eigenvalue weighted by Crippen LogP contribution is 2.23. The summed E-state index contributed by atoms with van der Waals surface area (Å²) in [5, 5.41) is 5.57. The molecule has 2 rings (SSSR count). The highest BCUT2D eigenvalue weighted by atomic mass is 32.2. The fourth-order valence-electron chi connectivity index (χ4n) is 1.75. The van der Waals surface area contributed by atoms with Crippen LogP contribution in [0, 0.1) is 13.8 Å². The number of thiophene rings is 1. The molecule has 0 amide bonds. The van der Waals surface area contributed by atoms with Crippen LogP contribution in [0.5, 0.6) is 0 Å². The molecule has 0 aliphatic heterocycles. The van der Waals surface area contributed by atoms with Crippen molar-refractivity contribution in [1.29, 1.82) is 0 Å². The van der Waals surface area contributed by atoms with E-state index in [1.54, 1.807) is 13.8 Å². The lowest BCUT2D eigenvalue weighted by molar-refractivity contribution is 0.390. The number of nitrogens with zero attached hydrogens (tertiary/aromatic N) is 1. The fraction of sp³-hybridized carbons (Fsp3) is 0.364. The number of hydrogen-bond donors (Lipinski definition) is 1. The minimum absolute atomic E-state index is 0.130. The molecule has 1 atom stereocenters. The van der Waals surface area contributed by atoms with Crippen LogP contribution < -0.4 is 4.72 Å². The van der Waals surface area contributed by atoms with Gasteiger partial charge < -0.3 is 4.52 Å². The highest BCUT2D eigenvalue weighted by molar-refractivity contribution is 7.89. The van der Waals surface area contributed by atoms with Crippen LogP contribution in [-0.2, 0) is 10.0 Å². The van der Waals surface area contributed by atoms with Crippen LogP contribution in [0.25, 0.3) is 0 Å². The monoisotopic (exact) mass is 286 g/mol. The summed E-state index contributed by atoms with van der Waals surface area (Å²) in [5.74, 6) is 0.304. The molecule has 0 aliphatic carbocycles. The molecule has 98 valence electrons. The van der Waals surface area contributed by atoms with E-state index in [1.807, 2.05) is 24.4 Å². The zero-order valence-electron chi connectivity index (χ0n) is 10.3. The second-order valence-electron chi connectivity index (χ2n) is 4.01. The third-order valence-corrected chi connectivity index (χ3v) is 5.38. The fourth-order valence-corrected chi connectivity index (χ4v) is 4.11. The van der Waals surface area contributed by atoms with Crippen LogP contribution in [0.3, 0.4) is 0 Å². The van der Waals surface area contributed by atoms with Crippen molar-refractivity contribution in [3.05, 3.63) is 33.8 Å². The predicted molar refractivity (Wildman–Crippen MR) is 69.0 cm³/mol. The summed E-state index contributed by atoms with van der Waals surface area (Å²) in [6, 6.07) is 3.51. The third kappa shape index (κ3) is 2.47. The second-order valence-corrected chi connectivity index (χ2v) is 6.64. The van der Waals surface area contributed by atoms with Gasteiger partial charge in [-0.15, -0.1) is 11.3 Å². The number of rotatable bonds is 4. The van der Waals surface area contributed by atoms with Crippen LogP contribution in [0.15, 0.2) is 26.9 Å². The van der Waals surface area contributed by atoms with E-state index >= 15 is 0 Å². The number of hydrogen-bond acceptors (Lipinski definition) is 5. The van der Waals surface area contributed by atoms with Gasteiger partial charge in [0.2, 0.25) is 10.0 Å². The normalized spacial score (nSPS) is 13.7. The van der Waals surface area contributed by atoms with Gasteiger partial charge in [0.25, 0.3) is 0 Å². The molecule has 0 radical (unpaired) electrons. The van der Waals surface area contributed by atoms with Crippen molar-refractivity contribution in [2.24, 2.45) is 0 Å². The minimum Gasteiger partial charge on any atom is -0.360 e. The summed E-state index contributed by atoms with van der Waals surface area (Å²) in [5.41, 5.74) is 0.373. The molecular weight excluding hydrogens is 272 g/mol. The van der Waals surface area contributed by atoms with Gasteiger partial charge in [-0.05, 0) is 32.2 Å². The molecule has 7 heteroatoms. The van der Waals surface area contributed by atoms with E-state index in [0.717, 1.165) is 4.88 Å². The molecular formula is C11H14N2O3S2. The molecule has 0 bridgehead atoms. The molecule has 2 aromatic rings. The quantitative estimate of drug-likeness (QED) is 0.936. The number of sulfonamides is 1. The molecule has 18 heavy (non-hydrogen) atoms. The van der Waals surface area contributed by atoms with E-state index in [4.69, 9.17) is 4.52 Å². The first kappa shape index (κ1) is 13.3. The summed E-state index contributed by atoms with van der Waals surface area (Å²) in [6.45, 7) is 5.01. The molecule has 0 aromatic carbocycles. The Morgan fingerprint density at radius 2 is 2.17 bits per heavy atom. The summed E-state index contributed by atoms with van der Waals surface area (Å²) in [7, 11) is -3.60. The predicted octanol–water partition coefficient (Wildman–Crippen LogP) is 2.39. The van der Waals surface area contributed by atoms with Gasteiger partial charge in [0.15, 0.2) is 5.76 Å². The summed E-state index contributed by atoms with van der Waals surface area (Å²) in [4.78, 5) is 1.09. The second kappa shape index (κ2) is 4.83. The maximum atomic E-state index is 12.2. The van der Waals surface area contributed by atoms with E-state index < -0.39 is 10.0 Å². The Kier molecular flexibility index (Phi) is 3.56. The van der Waals surface area contributed by atoms with Crippen molar-refractivity contribution in [3.8, 4) is 0 Å². The molecule has 2 aromatic heterocycles. The Bertz CT molecular complexity index is 610. The largest absolute Gasteiger partial charge is 0.360 e. The molecule has 0 saturated heterocycles. The van der Waals surface area contributed by atoms with E-state index in [0.29, 0.717) is 11.5 Å². The van der Waals surface area contributed by atoms with Crippen molar-refractivity contribution in [3.63, 3.8) is 0 Å². The van der Waals surface area contributed by atoms with Crippen LogP contribution >= 0.6 is 11.3 Å². The van der Waals surface area contributed by atoms with Gasteiger partial charge in [-0.3, -0.25) is 0 Å². The average Bonchev–Trinajstić information content (AvgIpc) is 2.87. The number of aromatic nitrogens is 1.